The van der Waals surface area contributed by atoms with Crippen molar-refractivity contribution in [3.63, 3.8) is 0 Å². The van der Waals surface area contributed by atoms with Gasteiger partial charge >= 0.3 is 6.03 Å². The lowest BCUT2D eigenvalue weighted by molar-refractivity contribution is -0.135. The van der Waals surface area contributed by atoms with Gasteiger partial charge in [0, 0.05) is 0 Å². The summed E-state index contributed by atoms with van der Waals surface area (Å²) in [5.41, 5.74) is 2.65. The lowest BCUT2D eigenvalue weighted by Gasteiger charge is -2.24. The zero-order chi connectivity index (χ0) is 21.2. The van der Waals surface area contributed by atoms with Crippen LogP contribution in [0.1, 0.15) is 49.1 Å². The Hall–Kier alpha value is -3.15. The number of rotatable bonds is 6. The number of urea groups is 1. The second kappa shape index (κ2) is 8.07. The number of carbonyl (C=O) groups is 3. The number of imide groups is 1. The van der Waals surface area contributed by atoms with Crippen LogP contribution in [0, 0.1) is 6.92 Å². The highest BCUT2D eigenvalue weighted by molar-refractivity contribution is 6.09. The first-order valence-electron chi connectivity index (χ1n) is 9.84. The topological polar surface area (TPSA) is 78.5 Å². The third-order valence-electron chi connectivity index (χ3n) is 5.53. The van der Waals surface area contributed by atoms with Crippen molar-refractivity contribution in [1.29, 1.82) is 0 Å². The van der Waals surface area contributed by atoms with Crippen molar-refractivity contribution >= 4 is 17.8 Å². The van der Waals surface area contributed by atoms with Crippen molar-refractivity contribution in [3.8, 4) is 0 Å². The van der Waals surface area contributed by atoms with E-state index in [-0.39, 0.29) is 18.5 Å². The van der Waals surface area contributed by atoms with Crippen LogP contribution in [0.25, 0.3) is 0 Å². The molecule has 2 N–H and O–H groups in total. The molecule has 4 amide bonds. The zero-order valence-corrected chi connectivity index (χ0v) is 17.3. The monoisotopic (exact) mass is 393 g/mol. The molecule has 152 valence electrons. The summed E-state index contributed by atoms with van der Waals surface area (Å²) in [6.45, 7) is 7.21. The van der Waals surface area contributed by atoms with Gasteiger partial charge in [-0.25, -0.2) is 4.79 Å². The molecule has 6 nitrogen and oxygen atoms in total. The molecular weight excluding hydrogens is 366 g/mol. The molecule has 2 unspecified atom stereocenters. The number of hydrogen-bond acceptors (Lipinski definition) is 3. The number of amides is 4. The van der Waals surface area contributed by atoms with Crippen molar-refractivity contribution in [2.45, 2.75) is 45.7 Å². The Morgan fingerprint density at radius 3 is 2.41 bits per heavy atom. The van der Waals surface area contributed by atoms with Gasteiger partial charge in [0.2, 0.25) is 5.91 Å². The number of hydrogen-bond donors (Lipinski definition) is 2. The molecule has 0 saturated carbocycles. The average molecular weight is 393 g/mol. The normalized spacial score (nSPS) is 19.8. The van der Waals surface area contributed by atoms with Gasteiger partial charge in [0.1, 0.15) is 12.1 Å². The number of nitrogens with zero attached hydrogens (tertiary/aromatic N) is 1. The Morgan fingerprint density at radius 1 is 1.14 bits per heavy atom. The molecule has 1 saturated heterocycles. The highest BCUT2D eigenvalue weighted by Crippen LogP contribution is 2.30. The lowest BCUT2D eigenvalue weighted by Crippen LogP contribution is -2.43. The number of aryl methyl sites for hydroxylation is 2. The van der Waals surface area contributed by atoms with Gasteiger partial charge in [-0.1, -0.05) is 55.5 Å². The standard InChI is InChI=1S/C23H27N3O3/c1-5-17-10-12-18(13-11-17)16(3)24-20(27)14-26-21(28)23(4,25-22(26)29)19-9-7-6-8-15(19)2/h6-13,16H,5,14H2,1-4H3,(H,24,27)(H,25,29). The number of benzene rings is 2. The van der Waals surface area contributed by atoms with Crippen LogP contribution in [0.5, 0.6) is 0 Å². The average Bonchev–Trinajstić information content (AvgIpc) is 2.92. The fourth-order valence-electron chi connectivity index (χ4n) is 3.71. The van der Waals surface area contributed by atoms with Gasteiger partial charge in [-0.05, 0) is 49.4 Å². The van der Waals surface area contributed by atoms with Gasteiger partial charge < -0.3 is 10.6 Å². The van der Waals surface area contributed by atoms with Gasteiger partial charge in [0.25, 0.3) is 5.91 Å². The summed E-state index contributed by atoms with van der Waals surface area (Å²) in [4.78, 5) is 39.0. The maximum absolute atomic E-state index is 13.0. The van der Waals surface area contributed by atoms with Gasteiger partial charge in [0.05, 0.1) is 6.04 Å². The SMILES string of the molecule is CCc1ccc(C(C)NC(=O)CN2C(=O)NC(C)(c3ccccc3C)C2=O)cc1. The van der Waals surface area contributed by atoms with E-state index in [1.54, 1.807) is 6.92 Å². The Bertz CT molecular complexity index is 939. The summed E-state index contributed by atoms with van der Waals surface area (Å²) in [5, 5.41) is 5.62. The first kappa shape index (κ1) is 20.6. The summed E-state index contributed by atoms with van der Waals surface area (Å²) in [5.74, 6) is -0.804. The van der Waals surface area contributed by atoms with Crippen LogP contribution in [0.2, 0.25) is 0 Å². The van der Waals surface area contributed by atoms with Crippen LogP contribution >= 0.6 is 0 Å². The van der Waals surface area contributed by atoms with Crippen molar-refractivity contribution in [2.75, 3.05) is 6.54 Å². The molecule has 6 heteroatoms. The van der Waals surface area contributed by atoms with E-state index < -0.39 is 17.5 Å². The Labute approximate surface area is 171 Å². The maximum Gasteiger partial charge on any atom is 0.325 e. The number of nitrogens with one attached hydrogen (secondary N) is 2. The highest BCUT2D eigenvalue weighted by Gasteiger charge is 2.50. The first-order valence-corrected chi connectivity index (χ1v) is 9.84. The molecule has 0 spiro atoms. The lowest BCUT2D eigenvalue weighted by atomic mass is 9.88. The van der Waals surface area contributed by atoms with Gasteiger partial charge in [0.15, 0.2) is 0 Å². The molecule has 2 aromatic carbocycles. The zero-order valence-electron chi connectivity index (χ0n) is 17.3. The van der Waals surface area contributed by atoms with Crippen LogP contribution in [0.3, 0.4) is 0 Å². The quantitative estimate of drug-likeness (QED) is 0.740. The van der Waals surface area contributed by atoms with E-state index >= 15 is 0 Å². The second-order valence-electron chi connectivity index (χ2n) is 7.65. The van der Waals surface area contributed by atoms with E-state index in [1.807, 2.05) is 62.4 Å². The summed E-state index contributed by atoms with van der Waals surface area (Å²) in [7, 11) is 0. The molecule has 2 aromatic rings. The molecule has 0 aromatic heterocycles. The molecule has 0 radical (unpaired) electrons. The van der Waals surface area contributed by atoms with Crippen LogP contribution in [0.4, 0.5) is 4.79 Å². The third kappa shape index (κ3) is 4.01. The summed E-state index contributed by atoms with van der Waals surface area (Å²) < 4.78 is 0. The Morgan fingerprint density at radius 2 is 1.79 bits per heavy atom. The van der Waals surface area contributed by atoms with Crippen molar-refractivity contribution in [2.24, 2.45) is 0 Å². The molecule has 29 heavy (non-hydrogen) atoms. The largest absolute Gasteiger partial charge is 0.348 e. The Balaban J connectivity index is 1.69. The summed E-state index contributed by atoms with van der Waals surface area (Å²) in [6, 6.07) is 14.6. The maximum atomic E-state index is 13.0. The predicted molar refractivity (Wildman–Crippen MR) is 111 cm³/mol. The van der Waals surface area contributed by atoms with Gasteiger partial charge in [-0.3, -0.25) is 14.5 Å². The van der Waals surface area contributed by atoms with Crippen molar-refractivity contribution < 1.29 is 14.4 Å². The molecule has 3 rings (SSSR count). The minimum Gasteiger partial charge on any atom is -0.348 e. The molecule has 0 aliphatic carbocycles. The van der Waals surface area contributed by atoms with E-state index in [0.29, 0.717) is 0 Å². The van der Waals surface area contributed by atoms with Crippen LogP contribution < -0.4 is 10.6 Å². The minimum atomic E-state index is -1.18. The molecule has 1 fully saturated rings. The molecule has 1 aliphatic rings. The second-order valence-corrected chi connectivity index (χ2v) is 7.65. The van der Waals surface area contributed by atoms with Crippen molar-refractivity contribution in [1.82, 2.24) is 15.5 Å². The van der Waals surface area contributed by atoms with E-state index in [2.05, 4.69) is 17.6 Å². The Kier molecular flexibility index (Phi) is 5.73. The summed E-state index contributed by atoms with van der Waals surface area (Å²) >= 11 is 0. The highest BCUT2D eigenvalue weighted by atomic mass is 16.2. The molecule has 2 atom stereocenters. The van der Waals surface area contributed by atoms with Gasteiger partial charge in [-0.2, -0.15) is 0 Å². The van der Waals surface area contributed by atoms with Crippen LogP contribution in [-0.4, -0.2) is 29.3 Å². The van der Waals surface area contributed by atoms with E-state index in [4.69, 9.17) is 0 Å². The first-order chi connectivity index (χ1) is 13.8. The smallest absolute Gasteiger partial charge is 0.325 e. The fourth-order valence-corrected chi connectivity index (χ4v) is 3.71. The molecule has 1 heterocycles. The van der Waals surface area contributed by atoms with E-state index in [1.165, 1.54) is 5.56 Å². The predicted octanol–water partition coefficient (Wildman–Crippen LogP) is 3.20. The molecule has 1 aliphatic heterocycles. The molecule has 0 bridgehead atoms. The minimum absolute atomic E-state index is 0.225. The van der Waals surface area contributed by atoms with E-state index in [9.17, 15) is 14.4 Å². The van der Waals surface area contributed by atoms with Gasteiger partial charge in [-0.15, -0.1) is 0 Å². The summed E-state index contributed by atoms with van der Waals surface area (Å²) in [6.07, 6.45) is 0.951. The van der Waals surface area contributed by atoms with E-state index in [0.717, 1.165) is 28.0 Å². The van der Waals surface area contributed by atoms with Crippen LogP contribution in [0.15, 0.2) is 48.5 Å². The fraction of sp³-hybridized carbons (Fsp3) is 0.348. The molecular formula is C23H27N3O3. The van der Waals surface area contributed by atoms with Crippen LogP contribution in [-0.2, 0) is 21.5 Å². The van der Waals surface area contributed by atoms with Crippen molar-refractivity contribution in [3.05, 3.63) is 70.8 Å². The number of carbonyl (C=O) groups excluding carboxylic acids is 3. The third-order valence-corrected chi connectivity index (χ3v) is 5.53.